The zero-order valence-electron chi connectivity index (χ0n) is 11.2. The Kier molecular flexibility index (Phi) is 3.00. The molecule has 0 N–H and O–H groups in total. The highest BCUT2D eigenvalue weighted by molar-refractivity contribution is 5.65. The van der Waals surface area contributed by atoms with Crippen LogP contribution in [0.3, 0.4) is 0 Å². The summed E-state index contributed by atoms with van der Waals surface area (Å²) < 4.78 is 38.3. The van der Waals surface area contributed by atoms with Crippen molar-refractivity contribution < 1.29 is 23.1 Å². The van der Waals surface area contributed by atoms with Gasteiger partial charge in [-0.3, -0.25) is 0 Å². The monoisotopic (exact) mass is 300 g/mol. The number of amides is 1. The molecule has 0 bridgehead atoms. The summed E-state index contributed by atoms with van der Waals surface area (Å²) in [6.07, 6.45) is -5.24. The molecule has 114 valence electrons. The number of aromatic nitrogens is 1. The zero-order chi connectivity index (χ0) is 15.4. The number of pyridine rings is 1. The van der Waals surface area contributed by atoms with Crippen LogP contribution in [0.5, 0.6) is 0 Å². The van der Waals surface area contributed by atoms with Gasteiger partial charge in [0.1, 0.15) is 17.6 Å². The molecule has 0 aromatic carbocycles. The highest BCUT2D eigenvalue weighted by Crippen LogP contribution is 2.38. The van der Waals surface area contributed by atoms with Gasteiger partial charge in [0.05, 0.1) is 6.04 Å². The summed E-state index contributed by atoms with van der Waals surface area (Å²) in [5, 5.41) is 11.0. The van der Waals surface area contributed by atoms with E-state index < -0.39 is 18.0 Å². The summed E-state index contributed by atoms with van der Waals surface area (Å²) in [6, 6.07) is 1.98. The predicted molar refractivity (Wildman–Crippen MR) is 65.6 cm³/mol. The highest BCUT2D eigenvalue weighted by atomic mass is 19.4. The molecule has 1 amide bonds. The van der Waals surface area contributed by atoms with Crippen LogP contribution >= 0.6 is 0 Å². The molecular formula is C13H13F3N3O2-. The normalized spacial score (nSPS) is 24.8. The quantitative estimate of drug-likeness (QED) is 0.713. The molecule has 1 fully saturated rings. The van der Waals surface area contributed by atoms with E-state index in [1.54, 1.807) is 11.8 Å². The van der Waals surface area contributed by atoms with Crippen molar-refractivity contribution in [2.75, 3.05) is 18.0 Å². The second kappa shape index (κ2) is 4.51. The van der Waals surface area contributed by atoms with Gasteiger partial charge in [-0.1, -0.05) is 6.07 Å². The van der Waals surface area contributed by atoms with E-state index in [1.165, 1.54) is 11.0 Å². The molecule has 1 aromatic rings. The third-order valence-electron chi connectivity index (χ3n) is 3.99. The smallest absolute Gasteiger partial charge is 0.433 e. The SMILES string of the molecule is C[C@@H]1CN(C(=O)[O-])C[C@H]2Cc3ccc(C(F)(F)F)nc3N21. The van der Waals surface area contributed by atoms with Crippen molar-refractivity contribution in [3.05, 3.63) is 23.4 Å². The van der Waals surface area contributed by atoms with Gasteiger partial charge >= 0.3 is 6.18 Å². The summed E-state index contributed by atoms with van der Waals surface area (Å²) in [6.45, 7) is 2.21. The lowest BCUT2D eigenvalue weighted by Crippen LogP contribution is -2.60. The van der Waals surface area contributed by atoms with Gasteiger partial charge in [0.15, 0.2) is 0 Å². The fourth-order valence-corrected chi connectivity index (χ4v) is 3.15. The Labute approximate surface area is 119 Å². The zero-order valence-corrected chi connectivity index (χ0v) is 11.2. The minimum absolute atomic E-state index is 0.183. The van der Waals surface area contributed by atoms with Crippen molar-refractivity contribution >= 4 is 11.9 Å². The van der Waals surface area contributed by atoms with Crippen molar-refractivity contribution in [3.63, 3.8) is 0 Å². The van der Waals surface area contributed by atoms with Crippen molar-refractivity contribution in [2.45, 2.75) is 31.6 Å². The second-order valence-corrected chi connectivity index (χ2v) is 5.46. The van der Waals surface area contributed by atoms with E-state index in [1.807, 2.05) is 0 Å². The van der Waals surface area contributed by atoms with Crippen LogP contribution in [0.2, 0.25) is 0 Å². The van der Waals surface area contributed by atoms with Gasteiger partial charge in [-0.2, -0.15) is 13.2 Å². The molecule has 5 nitrogen and oxygen atoms in total. The third kappa shape index (κ3) is 2.28. The van der Waals surface area contributed by atoms with E-state index in [4.69, 9.17) is 0 Å². The maximum Gasteiger partial charge on any atom is 0.433 e. The number of carbonyl (C=O) groups excluding carboxylic acids is 1. The summed E-state index contributed by atoms with van der Waals surface area (Å²) in [5.74, 6) is 0.320. The van der Waals surface area contributed by atoms with Gasteiger partial charge in [-0.15, -0.1) is 0 Å². The van der Waals surface area contributed by atoms with E-state index in [-0.39, 0.29) is 25.2 Å². The number of anilines is 1. The number of rotatable bonds is 0. The van der Waals surface area contributed by atoms with Crippen LogP contribution in [-0.2, 0) is 12.6 Å². The summed E-state index contributed by atoms with van der Waals surface area (Å²) >= 11 is 0. The van der Waals surface area contributed by atoms with Gasteiger partial charge in [0.2, 0.25) is 0 Å². The van der Waals surface area contributed by atoms with Crippen molar-refractivity contribution in [1.29, 1.82) is 0 Å². The Morgan fingerprint density at radius 1 is 1.38 bits per heavy atom. The Morgan fingerprint density at radius 2 is 2.10 bits per heavy atom. The number of fused-ring (bicyclic) bond motifs is 3. The molecule has 2 aliphatic rings. The summed E-state index contributed by atoms with van der Waals surface area (Å²) in [5.41, 5.74) is -0.198. The molecule has 2 atom stereocenters. The average Bonchev–Trinajstić information content (AvgIpc) is 2.75. The molecule has 0 spiro atoms. The number of halogens is 3. The lowest BCUT2D eigenvalue weighted by Gasteiger charge is -2.44. The van der Waals surface area contributed by atoms with Gasteiger partial charge < -0.3 is 19.7 Å². The van der Waals surface area contributed by atoms with Crippen LogP contribution in [-0.4, -0.2) is 41.2 Å². The van der Waals surface area contributed by atoms with Gasteiger partial charge in [0.25, 0.3) is 0 Å². The predicted octanol–water partition coefficient (Wildman–Crippen LogP) is 0.879. The maximum atomic E-state index is 12.8. The number of carboxylic acid groups (broad SMARTS) is 1. The first-order valence-electron chi connectivity index (χ1n) is 6.58. The molecule has 0 radical (unpaired) electrons. The van der Waals surface area contributed by atoms with Gasteiger partial charge in [0, 0.05) is 19.1 Å². The van der Waals surface area contributed by atoms with E-state index in [2.05, 4.69) is 4.98 Å². The second-order valence-electron chi connectivity index (χ2n) is 5.46. The fraction of sp³-hybridized carbons (Fsp3) is 0.538. The van der Waals surface area contributed by atoms with Crippen molar-refractivity contribution in [1.82, 2.24) is 9.88 Å². The molecule has 3 heterocycles. The first kappa shape index (κ1) is 14.0. The molecule has 1 aromatic heterocycles. The van der Waals surface area contributed by atoms with E-state index in [9.17, 15) is 23.1 Å². The number of carbonyl (C=O) groups is 1. The van der Waals surface area contributed by atoms with Crippen LogP contribution in [0.25, 0.3) is 0 Å². The molecule has 0 unspecified atom stereocenters. The molecule has 1 saturated heterocycles. The third-order valence-corrected chi connectivity index (χ3v) is 3.99. The van der Waals surface area contributed by atoms with E-state index in [0.717, 1.165) is 11.6 Å². The molecule has 21 heavy (non-hydrogen) atoms. The summed E-state index contributed by atoms with van der Waals surface area (Å²) in [4.78, 5) is 17.7. The first-order chi connectivity index (χ1) is 9.77. The largest absolute Gasteiger partial charge is 0.530 e. The summed E-state index contributed by atoms with van der Waals surface area (Å²) in [7, 11) is 0. The average molecular weight is 300 g/mol. The van der Waals surface area contributed by atoms with Gasteiger partial charge in [-0.25, -0.2) is 4.98 Å². The van der Waals surface area contributed by atoms with Crippen LogP contribution in [0.1, 0.15) is 18.2 Å². The number of hydrogen-bond donors (Lipinski definition) is 0. The van der Waals surface area contributed by atoms with Crippen LogP contribution in [0, 0.1) is 0 Å². The Morgan fingerprint density at radius 3 is 2.71 bits per heavy atom. The minimum Gasteiger partial charge on any atom is -0.530 e. The van der Waals surface area contributed by atoms with Crippen molar-refractivity contribution in [2.24, 2.45) is 0 Å². The van der Waals surface area contributed by atoms with Crippen molar-refractivity contribution in [3.8, 4) is 0 Å². The van der Waals surface area contributed by atoms with E-state index >= 15 is 0 Å². The Hall–Kier alpha value is -1.99. The van der Waals surface area contributed by atoms with Gasteiger partial charge in [-0.05, 0) is 25.0 Å². The van der Waals surface area contributed by atoms with Crippen LogP contribution in [0.15, 0.2) is 12.1 Å². The topological polar surface area (TPSA) is 59.5 Å². The Balaban J connectivity index is 1.94. The molecule has 8 heteroatoms. The van der Waals surface area contributed by atoms with Crippen LogP contribution < -0.4 is 10.0 Å². The first-order valence-corrected chi connectivity index (χ1v) is 6.58. The highest BCUT2D eigenvalue weighted by Gasteiger charge is 2.41. The van der Waals surface area contributed by atoms with Crippen LogP contribution in [0.4, 0.5) is 23.8 Å². The molecule has 0 aliphatic carbocycles. The number of hydrogen-bond acceptors (Lipinski definition) is 4. The number of piperazine rings is 1. The van der Waals surface area contributed by atoms with E-state index in [0.29, 0.717) is 12.2 Å². The molecule has 2 aliphatic heterocycles. The number of nitrogens with zero attached hydrogens (tertiary/aromatic N) is 3. The molecule has 0 saturated carbocycles. The lowest BCUT2D eigenvalue weighted by molar-refractivity contribution is -0.266. The fourth-order valence-electron chi connectivity index (χ4n) is 3.15. The minimum atomic E-state index is -4.48. The molecular weight excluding hydrogens is 287 g/mol. The number of alkyl halides is 3. The Bertz CT molecular complexity index is 591. The molecule has 3 rings (SSSR count). The maximum absolute atomic E-state index is 12.8. The lowest BCUT2D eigenvalue weighted by atomic mass is 10.1. The standard InChI is InChI=1S/C13H14F3N3O2/c1-7-5-18(12(20)21)6-9-4-8-2-3-10(13(14,15)16)17-11(8)19(7)9/h2-3,7,9H,4-6H2,1H3,(H,20,21)/p-1/t7-,9-/m1/s1.